The number of hydrogen-bond acceptors (Lipinski definition) is 5. The van der Waals surface area contributed by atoms with E-state index in [0.29, 0.717) is 15.9 Å². The van der Waals surface area contributed by atoms with Gasteiger partial charge in [-0.05, 0) is 70.0 Å². The van der Waals surface area contributed by atoms with Gasteiger partial charge in [0.15, 0.2) is 11.2 Å². The van der Waals surface area contributed by atoms with E-state index in [2.05, 4.69) is 22.1 Å². The summed E-state index contributed by atoms with van der Waals surface area (Å²) in [5.74, 6) is 1.22. The van der Waals surface area contributed by atoms with Crippen molar-refractivity contribution in [3.63, 3.8) is 0 Å². The summed E-state index contributed by atoms with van der Waals surface area (Å²) in [4.78, 5) is 20.6. The van der Waals surface area contributed by atoms with E-state index in [1.54, 1.807) is 42.5 Å². The highest BCUT2D eigenvalue weighted by Crippen LogP contribution is 2.26. The molecule has 1 amide bonds. The molecule has 2 aromatic rings. The Balaban J connectivity index is 1.55. The average molecular weight is 408 g/mol. The van der Waals surface area contributed by atoms with Gasteiger partial charge in [0.05, 0.1) is 5.69 Å². The van der Waals surface area contributed by atoms with Crippen LogP contribution >= 0.6 is 22.9 Å². The van der Waals surface area contributed by atoms with Crippen LogP contribution in [0.25, 0.3) is 0 Å². The van der Waals surface area contributed by atoms with Crippen molar-refractivity contribution in [2.75, 3.05) is 18.4 Å². The minimum absolute atomic E-state index is 0.211. The summed E-state index contributed by atoms with van der Waals surface area (Å²) in [6, 6.07) is 6.97. The number of ether oxygens (including phenoxy) is 1. The summed E-state index contributed by atoms with van der Waals surface area (Å²) in [5.41, 5.74) is 0.986. The zero-order valence-electron chi connectivity index (χ0n) is 16.0. The Kier molecular flexibility index (Phi) is 6.73. The Morgan fingerprint density at radius 1 is 1.37 bits per heavy atom. The number of hydrogen-bond donors (Lipinski definition) is 1. The van der Waals surface area contributed by atoms with Gasteiger partial charge in [-0.2, -0.15) is 0 Å². The zero-order chi connectivity index (χ0) is 19.4. The van der Waals surface area contributed by atoms with Crippen molar-refractivity contribution in [1.29, 1.82) is 0 Å². The van der Waals surface area contributed by atoms with Gasteiger partial charge < -0.3 is 4.74 Å². The second-order valence-electron chi connectivity index (χ2n) is 7.19. The van der Waals surface area contributed by atoms with Crippen molar-refractivity contribution < 1.29 is 9.53 Å². The lowest BCUT2D eigenvalue weighted by Crippen LogP contribution is -2.32. The predicted molar refractivity (Wildman–Crippen MR) is 111 cm³/mol. The lowest BCUT2D eigenvalue weighted by Gasteiger charge is -2.29. The van der Waals surface area contributed by atoms with Gasteiger partial charge in [0.2, 0.25) is 0 Å². The first-order valence-electron chi connectivity index (χ1n) is 9.32. The highest BCUT2D eigenvalue weighted by Gasteiger charge is 2.20. The number of halogens is 1. The largest absolute Gasteiger partial charge is 0.481 e. The van der Waals surface area contributed by atoms with Crippen molar-refractivity contribution >= 4 is 34.0 Å². The number of benzene rings is 1. The van der Waals surface area contributed by atoms with Crippen LogP contribution in [0.3, 0.4) is 0 Å². The molecule has 1 aliphatic rings. The molecule has 0 radical (unpaired) electrons. The van der Waals surface area contributed by atoms with E-state index in [4.69, 9.17) is 16.3 Å². The van der Waals surface area contributed by atoms with E-state index in [9.17, 15) is 4.79 Å². The quantitative estimate of drug-likeness (QED) is 0.751. The Bertz CT molecular complexity index is 770. The molecule has 0 saturated carbocycles. The van der Waals surface area contributed by atoms with Crippen LogP contribution < -0.4 is 10.1 Å². The summed E-state index contributed by atoms with van der Waals surface area (Å²) in [5, 5.41) is 4.14. The first-order valence-corrected chi connectivity index (χ1v) is 10.5. The number of piperidine rings is 1. The van der Waals surface area contributed by atoms with Gasteiger partial charge in [0.1, 0.15) is 5.75 Å². The molecular formula is C20H26ClN3O2S. The SMILES string of the molecule is Cc1nc(NC(=O)C(C)Oc2ccc(Cl)cc2)sc1CN1CCC(C)CC1. The van der Waals surface area contributed by atoms with Gasteiger partial charge in [-0.25, -0.2) is 4.98 Å². The summed E-state index contributed by atoms with van der Waals surface area (Å²) in [7, 11) is 0. The van der Waals surface area contributed by atoms with Crippen molar-refractivity contribution in [3.05, 3.63) is 39.9 Å². The second-order valence-corrected chi connectivity index (χ2v) is 8.71. The van der Waals surface area contributed by atoms with E-state index in [1.165, 1.54) is 17.7 Å². The Hall–Kier alpha value is -1.63. The van der Waals surface area contributed by atoms with Crippen LogP contribution in [-0.4, -0.2) is 35.0 Å². The Labute approximate surface area is 169 Å². The summed E-state index contributed by atoms with van der Waals surface area (Å²) in [6.07, 6.45) is 1.88. The fourth-order valence-electron chi connectivity index (χ4n) is 3.03. The van der Waals surface area contributed by atoms with Gasteiger partial charge in [0, 0.05) is 16.4 Å². The molecule has 0 aliphatic carbocycles. The molecule has 5 nitrogen and oxygen atoms in total. The molecule has 1 fully saturated rings. The average Bonchev–Trinajstić information content (AvgIpc) is 2.98. The van der Waals surface area contributed by atoms with Crippen LogP contribution in [0.1, 0.15) is 37.3 Å². The van der Waals surface area contributed by atoms with Crippen molar-refractivity contribution in [1.82, 2.24) is 9.88 Å². The highest BCUT2D eigenvalue weighted by atomic mass is 35.5. The Morgan fingerprint density at radius 3 is 2.70 bits per heavy atom. The molecule has 1 atom stereocenters. The van der Waals surface area contributed by atoms with Crippen LogP contribution in [0.2, 0.25) is 5.02 Å². The number of aromatic nitrogens is 1. The first kappa shape index (κ1) is 20.1. The lowest BCUT2D eigenvalue weighted by molar-refractivity contribution is -0.122. The maximum absolute atomic E-state index is 12.4. The monoisotopic (exact) mass is 407 g/mol. The third-order valence-corrected chi connectivity index (χ3v) is 6.17. The van der Waals surface area contributed by atoms with Crippen molar-refractivity contribution in [2.45, 2.75) is 46.3 Å². The minimum Gasteiger partial charge on any atom is -0.481 e. The summed E-state index contributed by atoms with van der Waals surface area (Å²) in [6.45, 7) is 9.21. The molecule has 3 rings (SSSR count). The molecule has 146 valence electrons. The number of amides is 1. The number of likely N-dealkylation sites (tertiary alicyclic amines) is 1. The molecule has 7 heteroatoms. The van der Waals surface area contributed by atoms with Gasteiger partial charge in [0.25, 0.3) is 5.91 Å². The van der Waals surface area contributed by atoms with Crippen LogP contribution in [0, 0.1) is 12.8 Å². The summed E-state index contributed by atoms with van der Waals surface area (Å²) < 4.78 is 5.67. The molecule has 1 aliphatic heterocycles. The molecule has 1 saturated heterocycles. The van der Waals surface area contributed by atoms with E-state index in [-0.39, 0.29) is 5.91 Å². The topological polar surface area (TPSA) is 54.5 Å². The molecule has 1 N–H and O–H groups in total. The maximum Gasteiger partial charge on any atom is 0.266 e. The number of anilines is 1. The van der Waals surface area contributed by atoms with E-state index in [0.717, 1.165) is 31.2 Å². The summed E-state index contributed by atoms with van der Waals surface area (Å²) >= 11 is 7.42. The third-order valence-electron chi connectivity index (χ3n) is 4.86. The van der Waals surface area contributed by atoms with Gasteiger partial charge >= 0.3 is 0 Å². The number of carbonyl (C=O) groups excluding carboxylic acids is 1. The van der Waals surface area contributed by atoms with Crippen LogP contribution in [-0.2, 0) is 11.3 Å². The zero-order valence-corrected chi connectivity index (χ0v) is 17.6. The van der Waals surface area contributed by atoms with Gasteiger partial charge in [-0.15, -0.1) is 11.3 Å². The van der Waals surface area contributed by atoms with Gasteiger partial charge in [-0.3, -0.25) is 15.0 Å². The number of carbonyl (C=O) groups is 1. The number of nitrogens with one attached hydrogen (secondary N) is 1. The predicted octanol–water partition coefficient (Wildman–Crippen LogP) is 4.74. The second kappa shape index (κ2) is 9.04. The molecule has 1 aromatic heterocycles. The van der Waals surface area contributed by atoms with E-state index >= 15 is 0 Å². The third kappa shape index (κ3) is 5.67. The molecule has 1 aromatic carbocycles. The number of nitrogens with zero attached hydrogens (tertiary/aromatic N) is 2. The number of rotatable bonds is 6. The standard InChI is InChI=1S/C20H26ClN3O2S/c1-13-8-10-24(11-9-13)12-18-14(2)22-20(27-18)23-19(25)15(3)26-17-6-4-16(21)5-7-17/h4-7,13,15H,8-12H2,1-3H3,(H,22,23,25). The molecule has 1 unspecified atom stereocenters. The molecule has 0 bridgehead atoms. The normalized spacial score (nSPS) is 16.9. The van der Waals surface area contributed by atoms with Crippen LogP contribution in [0.15, 0.2) is 24.3 Å². The number of aryl methyl sites for hydroxylation is 1. The molecule has 27 heavy (non-hydrogen) atoms. The Morgan fingerprint density at radius 2 is 2.04 bits per heavy atom. The smallest absolute Gasteiger partial charge is 0.266 e. The molecular weight excluding hydrogens is 382 g/mol. The fraction of sp³-hybridized carbons (Fsp3) is 0.500. The first-order chi connectivity index (χ1) is 12.9. The van der Waals surface area contributed by atoms with Crippen LogP contribution in [0.4, 0.5) is 5.13 Å². The maximum atomic E-state index is 12.4. The van der Waals surface area contributed by atoms with E-state index < -0.39 is 6.10 Å². The fourth-order valence-corrected chi connectivity index (χ4v) is 4.16. The van der Waals surface area contributed by atoms with Crippen LogP contribution in [0.5, 0.6) is 5.75 Å². The van der Waals surface area contributed by atoms with Crippen molar-refractivity contribution in [3.8, 4) is 5.75 Å². The van der Waals surface area contributed by atoms with Gasteiger partial charge in [-0.1, -0.05) is 18.5 Å². The van der Waals surface area contributed by atoms with E-state index in [1.807, 2.05) is 6.92 Å². The lowest BCUT2D eigenvalue weighted by atomic mass is 9.99. The molecule has 0 spiro atoms. The molecule has 2 heterocycles. The van der Waals surface area contributed by atoms with Crippen molar-refractivity contribution in [2.24, 2.45) is 5.92 Å². The number of thiazole rings is 1. The minimum atomic E-state index is -0.623. The highest BCUT2D eigenvalue weighted by molar-refractivity contribution is 7.15.